The van der Waals surface area contributed by atoms with Gasteiger partial charge in [0.1, 0.15) is 6.61 Å². The predicted molar refractivity (Wildman–Crippen MR) is 87.2 cm³/mol. The minimum absolute atomic E-state index is 0.207. The maximum atomic E-state index is 12.5. The van der Waals surface area contributed by atoms with E-state index in [1.165, 1.54) is 5.57 Å². The number of cyclic esters (lactones) is 2. The van der Waals surface area contributed by atoms with Crippen LogP contribution >= 0.6 is 0 Å². The summed E-state index contributed by atoms with van der Waals surface area (Å²) < 4.78 is 16.3. The number of carbonyl (C=O) groups is 2. The van der Waals surface area contributed by atoms with E-state index in [1.807, 2.05) is 12.1 Å². The lowest BCUT2D eigenvalue weighted by atomic mass is 9.67. The summed E-state index contributed by atoms with van der Waals surface area (Å²) in [6, 6.07) is 1.83. The highest BCUT2D eigenvalue weighted by atomic mass is 16.6. The largest absolute Gasteiger partial charge is 0.472 e. The first-order valence-corrected chi connectivity index (χ1v) is 8.66. The maximum absolute atomic E-state index is 12.5. The monoisotopic (exact) mass is 338 g/mol. The fourth-order valence-electron chi connectivity index (χ4n) is 4.90. The first kappa shape index (κ1) is 14.8. The standard InChI is InChI=1S/C20H18O5/c1-11-14-3-2-4-15-19(22)24-10-20(14,15)7-5-13-16(11)17(25-18(13)21)12-6-8-23-9-12/h4,6,8-9,17H,2-3,5,7,10H2,1H3. The summed E-state index contributed by atoms with van der Waals surface area (Å²) in [6.45, 7) is 2.44. The molecular weight excluding hydrogens is 320 g/mol. The molecule has 0 radical (unpaired) electrons. The molecule has 2 unspecified atom stereocenters. The second-order valence-corrected chi connectivity index (χ2v) is 7.15. The Kier molecular flexibility index (Phi) is 2.94. The average molecular weight is 338 g/mol. The lowest BCUT2D eigenvalue weighted by Crippen LogP contribution is -2.30. The third kappa shape index (κ3) is 1.84. The van der Waals surface area contributed by atoms with Gasteiger partial charge in [-0.25, -0.2) is 9.59 Å². The van der Waals surface area contributed by atoms with Gasteiger partial charge >= 0.3 is 11.9 Å². The third-order valence-corrected chi connectivity index (χ3v) is 6.07. The minimum atomic E-state index is -0.420. The van der Waals surface area contributed by atoms with Crippen LogP contribution in [-0.4, -0.2) is 18.5 Å². The van der Waals surface area contributed by atoms with Crippen LogP contribution in [0.4, 0.5) is 0 Å². The molecule has 25 heavy (non-hydrogen) atoms. The van der Waals surface area contributed by atoms with E-state index in [4.69, 9.17) is 13.9 Å². The Labute approximate surface area is 145 Å². The van der Waals surface area contributed by atoms with Crippen molar-refractivity contribution < 1.29 is 23.5 Å². The molecule has 5 heteroatoms. The van der Waals surface area contributed by atoms with Crippen molar-refractivity contribution in [2.45, 2.75) is 38.7 Å². The van der Waals surface area contributed by atoms with Crippen LogP contribution in [0.25, 0.3) is 0 Å². The van der Waals surface area contributed by atoms with Crippen molar-refractivity contribution in [3.8, 4) is 0 Å². The molecule has 3 heterocycles. The quantitative estimate of drug-likeness (QED) is 0.733. The van der Waals surface area contributed by atoms with E-state index < -0.39 is 6.10 Å². The zero-order valence-electron chi connectivity index (χ0n) is 14.0. The Morgan fingerprint density at radius 1 is 1.20 bits per heavy atom. The van der Waals surface area contributed by atoms with Gasteiger partial charge in [0.25, 0.3) is 0 Å². The molecule has 4 aliphatic rings. The van der Waals surface area contributed by atoms with Crippen molar-refractivity contribution in [1.82, 2.24) is 0 Å². The van der Waals surface area contributed by atoms with Crippen molar-refractivity contribution in [3.63, 3.8) is 0 Å². The predicted octanol–water partition coefficient (Wildman–Crippen LogP) is 3.55. The zero-order valence-corrected chi connectivity index (χ0v) is 14.0. The van der Waals surface area contributed by atoms with Crippen LogP contribution in [0.3, 0.4) is 0 Å². The molecule has 0 saturated carbocycles. The molecule has 1 spiro atoms. The molecule has 5 nitrogen and oxygen atoms in total. The summed E-state index contributed by atoms with van der Waals surface area (Å²) in [7, 11) is 0. The summed E-state index contributed by atoms with van der Waals surface area (Å²) in [5.74, 6) is -0.465. The fourth-order valence-corrected chi connectivity index (χ4v) is 4.90. The first-order valence-electron chi connectivity index (χ1n) is 8.66. The first-order chi connectivity index (χ1) is 12.1. The van der Waals surface area contributed by atoms with E-state index in [0.717, 1.165) is 40.7 Å². The highest BCUT2D eigenvalue weighted by Crippen LogP contribution is 2.56. The lowest BCUT2D eigenvalue weighted by molar-refractivity contribution is -0.140. The number of hydrogen-bond acceptors (Lipinski definition) is 5. The molecule has 1 aromatic heterocycles. The molecule has 0 N–H and O–H groups in total. The van der Waals surface area contributed by atoms with Crippen LogP contribution in [0, 0.1) is 5.41 Å². The van der Waals surface area contributed by atoms with Gasteiger partial charge in [0, 0.05) is 22.3 Å². The van der Waals surface area contributed by atoms with Crippen molar-refractivity contribution in [2.24, 2.45) is 5.41 Å². The lowest BCUT2D eigenvalue weighted by Gasteiger charge is -2.34. The zero-order chi connectivity index (χ0) is 17.2. The smallest absolute Gasteiger partial charge is 0.335 e. The van der Waals surface area contributed by atoms with Gasteiger partial charge in [-0.2, -0.15) is 0 Å². The van der Waals surface area contributed by atoms with Gasteiger partial charge in [0.2, 0.25) is 0 Å². The molecule has 2 atom stereocenters. The van der Waals surface area contributed by atoms with Crippen molar-refractivity contribution in [3.05, 3.63) is 58.1 Å². The van der Waals surface area contributed by atoms with E-state index in [9.17, 15) is 9.59 Å². The van der Waals surface area contributed by atoms with E-state index in [2.05, 4.69) is 6.92 Å². The minimum Gasteiger partial charge on any atom is -0.472 e. The molecule has 1 saturated heterocycles. The van der Waals surface area contributed by atoms with Crippen LogP contribution in [-0.2, 0) is 19.1 Å². The third-order valence-electron chi connectivity index (χ3n) is 6.07. The molecule has 128 valence electrons. The summed E-state index contributed by atoms with van der Waals surface area (Å²) in [5, 5.41) is 0. The molecule has 0 aromatic carbocycles. The van der Waals surface area contributed by atoms with Gasteiger partial charge in [-0.3, -0.25) is 0 Å². The molecule has 0 amide bonds. The molecule has 1 aromatic rings. The second-order valence-electron chi connectivity index (χ2n) is 7.15. The van der Waals surface area contributed by atoms with E-state index in [1.54, 1.807) is 12.5 Å². The molecule has 0 bridgehead atoms. The van der Waals surface area contributed by atoms with Crippen LogP contribution in [0.5, 0.6) is 0 Å². The fraction of sp³-hybridized carbons (Fsp3) is 0.400. The van der Waals surface area contributed by atoms with E-state index >= 15 is 0 Å². The number of rotatable bonds is 1. The number of ether oxygens (including phenoxy) is 2. The van der Waals surface area contributed by atoms with Crippen LogP contribution in [0.15, 0.2) is 57.0 Å². The highest BCUT2D eigenvalue weighted by Gasteiger charge is 2.53. The summed E-state index contributed by atoms with van der Waals surface area (Å²) >= 11 is 0. The van der Waals surface area contributed by atoms with E-state index in [-0.39, 0.29) is 17.4 Å². The second kappa shape index (κ2) is 4.97. The number of allylic oxidation sites excluding steroid dienone is 1. The molecule has 2 aliphatic heterocycles. The van der Waals surface area contributed by atoms with Gasteiger partial charge in [0.05, 0.1) is 17.9 Å². The normalized spacial score (nSPS) is 31.1. The van der Waals surface area contributed by atoms with Gasteiger partial charge < -0.3 is 13.9 Å². The van der Waals surface area contributed by atoms with Crippen molar-refractivity contribution >= 4 is 11.9 Å². The Balaban J connectivity index is 1.69. The van der Waals surface area contributed by atoms with Crippen LogP contribution < -0.4 is 0 Å². The molecule has 2 aliphatic carbocycles. The molecule has 1 fully saturated rings. The Morgan fingerprint density at radius 3 is 2.88 bits per heavy atom. The summed E-state index contributed by atoms with van der Waals surface area (Å²) in [4.78, 5) is 24.7. The van der Waals surface area contributed by atoms with E-state index in [0.29, 0.717) is 19.4 Å². The molecule has 5 rings (SSSR count). The highest BCUT2D eigenvalue weighted by molar-refractivity contribution is 5.96. The Morgan fingerprint density at radius 2 is 2.08 bits per heavy atom. The number of furan rings is 1. The number of hydrogen-bond donors (Lipinski definition) is 0. The number of esters is 2. The van der Waals surface area contributed by atoms with Gasteiger partial charge in [0.15, 0.2) is 6.10 Å². The summed E-state index contributed by atoms with van der Waals surface area (Å²) in [6.07, 6.45) is 7.83. The average Bonchev–Trinajstić information content (AvgIpc) is 3.29. The maximum Gasteiger partial charge on any atom is 0.335 e. The number of carbonyl (C=O) groups excluding carboxylic acids is 2. The Hall–Kier alpha value is -2.56. The van der Waals surface area contributed by atoms with Crippen molar-refractivity contribution in [1.29, 1.82) is 0 Å². The van der Waals surface area contributed by atoms with Crippen molar-refractivity contribution in [2.75, 3.05) is 6.61 Å². The SMILES string of the molecule is CC1=C2CCC=C3C(=O)OCC32CCC2=C1C(c1ccoc1)OC2=O. The van der Waals surface area contributed by atoms with Crippen LogP contribution in [0.1, 0.15) is 44.3 Å². The van der Waals surface area contributed by atoms with Gasteiger partial charge in [-0.05, 0) is 44.2 Å². The molecular formula is C20H18O5. The van der Waals surface area contributed by atoms with Gasteiger partial charge in [-0.15, -0.1) is 0 Å². The summed E-state index contributed by atoms with van der Waals surface area (Å²) in [5.41, 5.74) is 5.26. The van der Waals surface area contributed by atoms with Crippen LogP contribution in [0.2, 0.25) is 0 Å². The van der Waals surface area contributed by atoms with Gasteiger partial charge in [-0.1, -0.05) is 11.6 Å². The topological polar surface area (TPSA) is 65.7 Å². The Bertz CT molecular complexity index is 883.